The van der Waals surface area contributed by atoms with Crippen molar-refractivity contribution >= 4 is 29.1 Å². The van der Waals surface area contributed by atoms with Crippen molar-refractivity contribution in [2.45, 2.75) is 35.3 Å². The van der Waals surface area contributed by atoms with E-state index >= 15 is 0 Å². The van der Waals surface area contributed by atoms with Crippen LogP contribution in [0.2, 0.25) is 5.02 Å². The number of thioether (sulfide) groups is 1. The van der Waals surface area contributed by atoms with Crippen molar-refractivity contribution in [1.82, 2.24) is 0 Å². The van der Waals surface area contributed by atoms with Gasteiger partial charge in [-0.25, -0.2) is 0 Å². The Morgan fingerprint density at radius 1 is 1.00 bits per heavy atom. The van der Waals surface area contributed by atoms with E-state index in [0.717, 1.165) is 22.8 Å². The highest BCUT2D eigenvalue weighted by atomic mass is 35.5. The molecule has 0 bridgehead atoms. The van der Waals surface area contributed by atoms with Crippen LogP contribution in [0.5, 0.6) is 0 Å². The Balaban J connectivity index is 1.72. The van der Waals surface area contributed by atoms with Gasteiger partial charge in [-0.05, 0) is 48.6 Å². The minimum atomic E-state index is 0.0603. The van der Waals surface area contributed by atoms with E-state index in [0.29, 0.717) is 18.1 Å². The van der Waals surface area contributed by atoms with E-state index in [1.807, 2.05) is 30.3 Å². The van der Waals surface area contributed by atoms with Crippen molar-refractivity contribution in [2.75, 3.05) is 0 Å². The van der Waals surface area contributed by atoms with E-state index in [1.54, 1.807) is 11.8 Å². The van der Waals surface area contributed by atoms with Gasteiger partial charge in [-0.3, -0.25) is 4.79 Å². The number of halogens is 1. The molecule has 0 spiro atoms. The van der Waals surface area contributed by atoms with E-state index in [-0.39, 0.29) is 5.25 Å². The molecule has 1 nitrogen and oxygen atoms in total. The van der Waals surface area contributed by atoms with Gasteiger partial charge in [-0.1, -0.05) is 41.9 Å². The van der Waals surface area contributed by atoms with Crippen LogP contribution in [0, 0.1) is 0 Å². The molecule has 2 atom stereocenters. The number of rotatable bonds is 3. The van der Waals surface area contributed by atoms with Gasteiger partial charge in [-0.15, -0.1) is 11.8 Å². The Bertz CT molecular complexity index is 609. The lowest BCUT2D eigenvalue weighted by Gasteiger charge is -2.28. The van der Waals surface area contributed by atoms with Gasteiger partial charge in [-0.2, -0.15) is 0 Å². The molecule has 0 aliphatic heterocycles. The fourth-order valence-electron chi connectivity index (χ4n) is 2.80. The first-order valence-electron chi connectivity index (χ1n) is 7.22. The predicted molar refractivity (Wildman–Crippen MR) is 89.1 cm³/mol. The molecule has 0 saturated heterocycles. The lowest BCUT2D eigenvalue weighted by Crippen LogP contribution is -2.26. The van der Waals surface area contributed by atoms with Gasteiger partial charge in [0.1, 0.15) is 5.78 Å². The summed E-state index contributed by atoms with van der Waals surface area (Å²) in [5.74, 6) is 0.871. The lowest BCUT2D eigenvalue weighted by molar-refractivity contribution is -0.119. The summed E-state index contributed by atoms with van der Waals surface area (Å²) in [5, 5.41) is 0.793. The number of hydrogen-bond acceptors (Lipinski definition) is 2. The van der Waals surface area contributed by atoms with Crippen molar-refractivity contribution in [3.05, 3.63) is 65.2 Å². The van der Waals surface area contributed by atoms with Crippen LogP contribution in [0.3, 0.4) is 0 Å². The monoisotopic (exact) mass is 316 g/mol. The van der Waals surface area contributed by atoms with Crippen LogP contribution in [0.15, 0.2) is 59.5 Å². The summed E-state index contributed by atoms with van der Waals surface area (Å²) >= 11 is 7.58. The largest absolute Gasteiger partial charge is 0.298 e. The fraction of sp³-hybridized carbons (Fsp3) is 0.278. The maximum Gasteiger partial charge on any atom is 0.146 e. The Kier molecular flexibility index (Phi) is 4.67. The summed E-state index contributed by atoms with van der Waals surface area (Å²) in [4.78, 5) is 13.3. The zero-order valence-electron chi connectivity index (χ0n) is 11.7. The fourth-order valence-corrected chi connectivity index (χ4v) is 4.13. The van der Waals surface area contributed by atoms with Crippen molar-refractivity contribution in [2.24, 2.45) is 0 Å². The highest BCUT2D eigenvalue weighted by molar-refractivity contribution is 8.00. The summed E-state index contributed by atoms with van der Waals surface area (Å²) in [5.41, 5.74) is 1.35. The van der Waals surface area contributed by atoms with Crippen LogP contribution < -0.4 is 0 Å². The quantitative estimate of drug-likeness (QED) is 0.760. The first-order chi connectivity index (χ1) is 10.2. The average Bonchev–Trinajstić information content (AvgIpc) is 2.52. The number of Topliss-reactive ketones (excluding diaryl/α,β-unsaturated/α-hetero) is 1. The predicted octanol–water partition coefficient (Wildman–Crippen LogP) is 5.34. The zero-order chi connectivity index (χ0) is 14.7. The summed E-state index contributed by atoms with van der Waals surface area (Å²) in [7, 11) is 0. The third-order valence-electron chi connectivity index (χ3n) is 3.96. The molecular weight excluding hydrogens is 300 g/mol. The molecule has 3 heteroatoms. The Morgan fingerprint density at radius 3 is 2.43 bits per heavy atom. The zero-order valence-corrected chi connectivity index (χ0v) is 13.2. The molecule has 2 aromatic rings. The first-order valence-corrected chi connectivity index (χ1v) is 8.48. The summed E-state index contributed by atoms with van der Waals surface area (Å²) < 4.78 is 0. The molecule has 21 heavy (non-hydrogen) atoms. The molecular formula is C18H17ClOS. The van der Waals surface area contributed by atoms with E-state index < -0.39 is 0 Å². The highest BCUT2D eigenvalue weighted by Gasteiger charge is 2.30. The van der Waals surface area contributed by atoms with E-state index in [2.05, 4.69) is 24.3 Å². The topological polar surface area (TPSA) is 17.1 Å². The molecule has 0 heterocycles. The molecule has 2 unspecified atom stereocenters. The van der Waals surface area contributed by atoms with Crippen molar-refractivity contribution in [1.29, 1.82) is 0 Å². The first kappa shape index (κ1) is 14.7. The van der Waals surface area contributed by atoms with Crippen LogP contribution in [0.4, 0.5) is 0 Å². The maximum atomic E-state index is 12.2. The number of carbonyl (C=O) groups is 1. The maximum absolute atomic E-state index is 12.2. The van der Waals surface area contributed by atoms with Crippen molar-refractivity contribution in [3.8, 4) is 0 Å². The van der Waals surface area contributed by atoms with Gasteiger partial charge in [0.2, 0.25) is 0 Å². The van der Waals surface area contributed by atoms with Crippen LogP contribution in [0.25, 0.3) is 0 Å². The summed E-state index contributed by atoms with van der Waals surface area (Å²) in [6.45, 7) is 0. The van der Waals surface area contributed by atoms with Crippen molar-refractivity contribution < 1.29 is 4.79 Å². The standard InChI is InChI=1S/C18H17ClOS/c19-15-7-9-16(10-8-15)21-18-12-14(6-11-17(18)20)13-4-2-1-3-5-13/h1-5,7-10,14,18H,6,11-12H2. The molecule has 2 aromatic carbocycles. The second-order valence-electron chi connectivity index (χ2n) is 5.41. The second kappa shape index (κ2) is 6.67. The van der Waals surface area contributed by atoms with Gasteiger partial charge in [0.25, 0.3) is 0 Å². The minimum absolute atomic E-state index is 0.0603. The van der Waals surface area contributed by atoms with Crippen LogP contribution >= 0.6 is 23.4 Å². The number of ketones is 1. The third-order valence-corrected chi connectivity index (χ3v) is 5.50. The molecule has 0 amide bonds. The van der Waals surface area contributed by atoms with Crippen LogP contribution in [-0.4, -0.2) is 11.0 Å². The lowest BCUT2D eigenvalue weighted by atomic mass is 9.83. The van der Waals surface area contributed by atoms with E-state index in [4.69, 9.17) is 11.6 Å². The molecule has 0 N–H and O–H groups in total. The molecule has 1 saturated carbocycles. The normalized spacial score (nSPS) is 22.2. The Labute approximate surface area is 134 Å². The van der Waals surface area contributed by atoms with Crippen LogP contribution in [-0.2, 0) is 4.79 Å². The average molecular weight is 317 g/mol. The van der Waals surface area contributed by atoms with Gasteiger partial charge >= 0.3 is 0 Å². The number of carbonyl (C=O) groups excluding carboxylic acids is 1. The third kappa shape index (κ3) is 3.69. The molecule has 1 aliphatic rings. The summed E-state index contributed by atoms with van der Waals surface area (Å²) in [6.07, 6.45) is 2.58. The molecule has 0 radical (unpaired) electrons. The highest BCUT2D eigenvalue weighted by Crippen LogP contribution is 2.39. The van der Waals surface area contributed by atoms with Crippen molar-refractivity contribution in [3.63, 3.8) is 0 Å². The van der Waals surface area contributed by atoms with Gasteiger partial charge in [0.15, 0.2) is 0 Å². The molecule has 1 fully saturated rings. The minimum Gasteiger partial charge on any atom is -0.298 e. The van der Waals surface area contributed by atoms with Crippen LogP contribution in [0.1, 0.15) is 30.7 Å². The number of hydrogen-bond donors (Lipinski definition) is 0. The van der Waals surface area contributed by atoms with Gasteiger partial charge in [0, 0.05) is 16.3 Å². The SMILES string of the molecule is O=C1CCC(c2ccccc2)CC1Sc1ccc(Cl)cc1. The molecule has 0 aromatic heterocycles. The summed E-state index contributed by atoms with van der Waals surface area (Å²) in [6, 6.07) is 18.3. The van der Waals surface area contributed by atoms with E-state index in [9.17, 15) is 4.79 Å². The molecule has 1 aliphatic carbocycles. The Morgan fingerprint density at radius 2 is 1.71 bits per heavy atom. The smallest absolute Gasteiger partial charge is 0.146 e. The molecule has 108 valence electrons. The Hall–Kier alpha value is -1.25. The van der Waals surface area contributed by atoms with Gasteiger partial charge < -0.3 is 0 Å². The second-order valence-corrected chi connectivity index (χ2v) is 7.12. The molecule has 3 rings (SSSR count). The van der Waals surface area contributed by atoms with Gasteiger partial charge in [0.05, 0.1) is 5.25 Å². The van der Waals surface area contributed by atoms with E-state index in [1.165, 1.54) is 5.56 Å². The number of benzene rings is 2.